The zero-order valence-corrected chi connectivity index (χ0v) is 11.0. The van der Waals surface area contributed by atoms with E-state index in [2.05, 4.69) is 30.0 Å². The van der Waals surface area contributed by atoms with E-state index in [0.29, 0.717) is 6.04 Å². The molecule has 1 atom stereocenters. The molecule has 0 aliphatic carbocycles. The van der Waals surface area contributed by atoms with Crippen LogP contribution in [0.5, 0.6) is 5.75 Å². The molecule has 0 N–H and O–H groups in total. The highest BCUT2D eigenvalue weighted by molar-refractivity contribution is 5.31. The molecule has 1 aromatic carbocycles. The molecular formula is C15H23NO. The van der Waals surface area contributed by atoms with Gasteiger partial charge < -0.3 is 4.74 Å². The van der Waals surface area contributed by atoms with E-state index in [1.54, 1.807) is 7.11 Å². The molecule has 0 amide bonds. The number of ether oxygens (including phenoxy) is 1. The van der Waals surface area contributed by atoms with Crippen LogP contribution < -0.4 is 4.74 Å². The number of benzene rings is 1. The molecule has 0 aromatic heterocycles. The van der Waals surface area contributed by atoms with E-state index in [0.717, 1.165) is 5.75 Å². The number of likely N-dealkylation sites (tertiary alicyclic amines) is 1. The molecule has 1 fully saturated rings. The second-order valence-corrected chi connectivity index (χ2v) is 4.82. The molecule has 2 heteroatoms. The molecule has 1 aromatic rings. The standard InChI is InChI=1S/C15H23NO/c1-3-4-10-16-11-6-9-15(16)13-7-5-8-14(12-13)17-2/h5,7-8,12,15H,3-4,6,9-11H2,1-2H3. The molecule has 0 radical (unpaired) electrons. The lowest BCUT2D eigenvalue weighted by Crippen LogP contribution is -2.24. The first-order valence-electron chi connectivity index (χ1n) is 6.73. The smallest absolute Gasteiger partial charge is 0.119 e. The van der Waals surface area contributed by atoms with Crippen LogP contribution in [0, 0.1) is 0 Å². The van der Waals surface area contributed by atoms with E-state index >= 15 is 0 Å². The van der Waals surface area contributed by atoms with Gasteiger partial charge in [0.2, 0.25) is 0 Å². The summed E-state index contributed by atoms with van der Waals surface area (Å²) >= 11 is 0. The average molecular weight is 233 g/mol. The van der Waals surface area contributed by atoms with Crippen molar-refractivity contribution in [3.63, 3.8) is 0 Å². The van der Waals surface area contributed by atoms with Crippen molar-refractivity contribution in [2.75, 3.05) is 20.2 Å². The summed E-state index contributed by atoms with van der Waals surface area (Å²) in [5.41, 5.74) is 1.41. The summed E-state index contributed by atoms with van der Waals surface area (Å²) in [6.45, 7) is 4.75. The Kier molecular flexibility index (Phi) is 4.43. The predicted molar refractivity (Wildman–Crippen MR) is 71.5 cm³/mol. The molecule has 17 heavy (non-hydrogen) atoms. The zero-order chi connectivity index (χ0) is 12.1. The van der Waals surface area contributed by atoms with E-state index in [1.807, 2.05) is 6.07 Å². The molecule has 2 nitrogen and oxygen atoms in total. The highest BCUT2D eigenvalue weighted by atomic mass is 16.5. The van der Waals surface area contributed by atoms with Crippen molar-refractivity contribution < 1.29 is 4.74 Å². The summed E-state index contributed by atoms with van der Waals surface area (Å²) in [7, 11) is 1.74. The van der Waals surface area contributed by atoms with Crippen LogP contribution in [0.4, 0.5) is 0 Å². The minimum Gasteiger partial charge on any atom is -0.497 e. The highest BCUT2D eigenvalue weighted by Crippen LogP contribution is 2.33. The molecule has 1 saturated heterocycles. The van der Waals surface area contributed by atoms with Crippen molar-refractivity contribution in [2.45, 2.75) is 38.6 Å². The highest BCUT2D eigenvalue weighted by Gasteiger charge is 2.25. The van der Waals surface area contributed by atoms with Crippen LogP contribution in [0.2, 0.25) is 0 Å². The van der Waals surface area contributed by atoms with E-state index in [4.69, 9.17) is 4.74 Å². The van der Waals surface area contributed by atoms with Crippen LogP contribution in [-0.2, 0) is 0 Å². The maximum Gasteiger partial charge on any atom is 0.119 e. The minimum atomic E-state index is 0.608. The fourth-order valence-electron chi connectivity index (χ4n) is 2.68. The lowest BCUT2D eigenvalue weighted by atomic mass is 10.0. The number of rotatable bonds is 5. The molecule has 2 rings (SSSR count). The van der Waals surface area contributed by atoms with Gasteiger partial charge in [0.15, 0.2) is 0 Å². The lowest BCUT2D eigenvalue weighted by Gasteiger charge is -2.24. The third kappa shape index (κ3) is 3.01. The Bertz CT molecular complexity index is 351. The van der Waals surface area contributed by atoms with Crippen molar-refractivity contribution in [1.82, 2.24) is 4.90 Å². The van der Waals surface area contributed by atoms with Gasteiger partial charge in [-0.1, -0.05) is 25.5 Å². The molecule has 0 bridgehead atoms. The Morgan fingerprint density at radius 3 is 3.06 bits per heavy atom. The van der Waals surface area contributed by atoms with E-state index in [1.165, 1.54) is 44.3 Å². The lowest BCUT2D eigenvalue weighted by molar-refractivity contribution is 0.253. The van der Waals surface area contributed by atoms with Crippen LogP contribution >= 0.6 is 0 Å². The molecule has 1 unspecified atom stereocenters. The van der Waals surface area contributed by atoms with Gasteiger partial charge in [0, 0.05) is 6.04 Å². The largest absolute Gasteiger partial charge is 0.497 e. The SMILES string of the molecule is CCCCN1CCCC1c1cccc(OC)c1. The van der Waals surface area contributed by atoms with Crippen molar-refractivity contribution in [1.29, 1.82) is 0 Å². The van der Waals surface area contributed by atoms with Crippen LogP contribution in [0.25, 0.3) is 0 Å². The van der Waals surface area contributed by atoms with Gasteiger partial charge in [0.05, 0.1) is 7.11 Å². The summed E-state index contributed by atoms with van der Waals surface area (Å²) in [4.78, 5) is 2.62. The fourth-order valence-corrected chi connectivity index (χ4v) is 2.68. The summed E-state index contributed by atoms with van der Waals surface area (Å²) in [6.07, 6.45) is 5.20. The molecule has 1 heterocycles. The summed E-state index contributed by atoms with van der Waals surface area (Å²) in [5.74, 6) is 0.977. The van der Waals surface area contributed by atoms with E-state index in [9.17, 15) is 0 Å². The number of hydrogen-bond acceptors (Lipinski definition) is 2. The number of unbranched alkanes of at least 4 members (excludes halogenated alkanes) is 1. The van der Waals surface area contributed by atoms with Crippen LogP contribution in [0.15, 0.2) is 24.3 Å². The van der Waals surface area contributed by atoms with E-state index in [-0.39, 0.29) is 0 Å². The van der Waals surface area contributed by atoms with Crippen molar-refractivity contribution in [2.24, 2.45) is 0 Å². The Morgan fingerprint density at radius 1 is 1.41 bits per heavy atom. The molecule has 0 spiro atoms. The predicted octanol–water partition coefficient (Wildman–Crippen LogP) is 3.63. The van der Waals surface area contributed by atoms with Crippen LogP contribution in [0.1, 0.15) is 44.2 Å². The maximum absolute atomic E-state index is 5.31. The van der Waals surface area contributed by atoms with Crippen molar-refractivity contribution in [3.05, 3.63) is 29.8 Å². The second kappa shape index (κ2) is 6.06. The second-order valence-electron chi connectivity index (χ2n) is 4.82. The molecule has 94 valence electrons. The molecule has 0 saturated carbocycles. The number of methoxy groups -OCH3 is 1. The third-order valence-electron chi connectivity index (χ3n) is 3.64. The van der Waals surface area contributed by atoms with Crippen LogP contribution in [0.3, 0.4) is 0 Å². The maximum atomic E-state index is 5.31. The number of nitrogens with zero attached hydrogens (tertiary/aromatic N) is 1. The third-order valence-corrected chi connectivity index (χ3v) is 3.64. The topological polar surface area (TPSA) is 12.5 Å². The van der Waals surface area contributed by atoms with Crippen molar-refractivity contribution >= 4 is 0 Å². The van der Waals surface area contributed by atoms with Crippen LogP contribution in [-0.4, -0.2) is 25.1 Å². The van der Waals surface area contributed by atoms with Gasteiger partial charge in [-0.3, -0.25) is 4.90 Å². The first-order valence-corrected chi connectivity index (χ1v) is 6.73. The quantitative estimate of drug-likeness (QED) is 0.770. The van der Waals surface area contributed by atoms with Gasteiger partial charge in [-0.25, -0.2) is 0 Å². The average Bonchev–Trinajstić information content (AvgIpc) is 2.84. The fraction of sp³-hybridized carbons (Fsp3) is 0.600. The summed E-state index contributed by atoms with van der Waals surface area (Å²) in [5, 5.41) is 0. The molecular weight excluding hydrogens is 210 g/mol. The Balaban J connectivity index is 2.08. The normalized spacial score (nSPS) is 20.7. The number of hydrogen-bond donors (Lipinski definition) is 0. The van der Waals surface area contributed by atoms with Gasteiger partial charge >= 0.3 is 0 Å². The monoisotopic (exact) mass is 233 g/mol. The van der Waals surface area contributed by atoms with Crippen molar-refractivity contribution in [3.8, 4) is 5.75 Å². The Hall–Kier alpha value is -1.02. The molecule has 1 aliphatic rings. The van der Waals surface area contributed by atoms with Gasteiger partial charge in [-0.2, -0.15) is 0 Å². The van der Waals surface area contributed by atoms with Gasteiger partial charge in [-0.05, 0) is 50.0 Å². The van der Waals surface area contributed by atoms with E-state index < -0.39 is 0 Å². The van der Waals surface area contributed by atoms with Gasteiger partial charge in [0.1, 0.15) is 5.75 Å². The summed E-state index contributed by atoms with van der Waals surface area (Å²) < 4.78 is 5.31. The first-order chi connectivity index (χ1) is 8.35. The minimum absolute atomic E-state index is 0.608. The van der Waals surface area contributed by atoms with Gasteiger partial charge in [-0.15, -0.1) is 0 Å². The Morgan fingerprint density at radius 2 is 2.29 bits per heavy atom. The Labute approximate surface area is 105 Å². The van der Waals surface area contributed by atoms with Gasteiger partial charge in [0.25, 0.3) is 0 Å². The molecule has 1 aliphatic heterocycles. The zero-order valence-electron chi connectivity index (χ0n) is 11.0. The summed E-state index contributed by atoms with van der Waals surface area (Å²) in [6, 6.07) is 9.16. The first kappa shape index (κ1) is 12.4.